The average Bonchev–Trinajstić information content (AvgIpc) is 2.15. The van der Waals surface area contributed by atoms with E-state index in [9.17, 15) is 4.39 Å². The van der Waals surface area contributed by atoms with Gasteiger partial charge in [-0.3, -0.25) is 0 Å². The van der Waals surface area contributed by atoms with Gasteiger partial charge in [-0.25, -0.2) is 11.0 Å². The molecule has 1 aromatic carbocycles. The second kappa shape index (κ2) is 4.84. The van der Waals surface area contributed by atoms with Crippen LogP contribution < -0.4 is 0 Å². The molecule has 0 aromatic heterocycles. The molecule has 68 valence electrons. The molecule has 0 radical (unpaired) electrons. The Bertz CT molecular complexity index is 302. The van der Waals surface area contributed by atoms with Gasteiger partial charge in [0.15, 0.2) is 0 Å². The van der Waals surface area contributed by atoms with Gasteiger partial charge in [0.25, 0.3) is 0 Å². The van der Waals surface area contributed by atoms with Crippen molar-refractivity contribution < 1.29 is 4.39 Å². The summed E-state index contributed by atoms with van der Waals surface area (Å²) >= 11 is 5.65. The van der Waals surface area contributed by atoms with Gasteiger partial charge in [-0.1, -0.05) is 23.7 Å². The van der Waals surface area contributed by atoms with E-state index in [0.29, 0.717) is 10.6 Å². The number of halogens is 2. The maximum absolute atomic E-state index is 13.3. The summed E-state index contributed by atoms with van der Waals surface area (Å²) in [6.07, 6.45) is -0.795. The van der Waals surface area contributed by atoms with E-state index in [1.807, 2.05) is 0 Å². The van der Waals surface area contributed by atoms with Gasteiger partial charge in [0.1, 0.15) is 6.17 Å². The number of benzene rings is 1. The van der Waals surface area contributed by atoms with Crippen LogP contribution in [0, 0.1) is 6.57 Å². The smallest absolute Gasteiger partial charge is 0.217 e. The first-order valence-corrected chi connectivity index (χ1v) is 4.34. The normalized spacial score (nSPS) is 12.1. The lowest BCUT2D eigenvalue weighted by molar-refractivity contribution is 0.332. The van der Waals surface area contributed by atoms with Crippen molar-refractivity contribution in [3.8, 4) is 0 Å². The van der Waals surface area contributed by atoms with E-state index in [1.54, 1.807) is 24.3 Å². The zero-order valence-electron chi connectivity index (χ0n) is 7.00. The molecule has 0 aliphatic heterocycles. The molecule has 1 unspecified atom stereocenters. The summed E-state index contributed by atoms with van der Waals surface area (Å²) in [5, 5.41) is 0.598. The lowest BCUT2D eigenvalue weighted by Crippen LogP contribution is -1.92. The minimum Gasteiger partial charge on any atom is -0.317 e. The third-order valence-electron chi connectivity index (χ3n) is 1.73. The molecule has 0 aliphatic carbocycles. The van der Waals surface area contributed by atoms with E-state index in [-0.39, 0.29) is 13.0 Å². The van der Waals surface area contributed by atoms with Crippen molar-refractivity contribution in [3.05, 3.63) is 46.3 Å². The van der Waals surface area contributed by atoms with Crippen LogP contribution in [-0.4, -0.2) is 6.54 Å². The molecule has 0 aliphatic rings. The summed E-state index contributed by atoms with van der Waals surface area (Å²) in [5.74, 6) is 0. The zero-order chi connectivity index (χ0) is 9.68. The quantitative estimate of drug-likeness (QED) is 0.652. The predicted octanol–water partition coefficient (Wildman–Crippen LogP) is 3.66. The van der Waals surface area contributed by atoms with E-state index < -0.39 is 6.17 Å². The molecule has 1 atom stereocenters. The molecule has 1 rings (SSSR count). The van der Waals surface area contributed by atoms with Gasteiger partial charge in [0, 0.05) is 5.02 Å². The monoisotopic (exact) mass is 197 g/mol. The van der Waals surface area contributed by atoms with Crippen molar-refractivity contribution in [3.63, 3.8) is 0 Å². The Morgan fingerprint density at radius 3 is 2.54 bits per heavy atom. The topological polar surface area (TPSA) is 4.36 Å². The molecule has 1 aromatic rings. The first kappa shape index (κ1) is 10.0. The molecule has 3 heteroatoms. The van der Waals surface area contributed by atoms with Gasteiger partial charge >= 0.3 is 0 Å². The minimum absolute atomic E-state index is 0.226. The summed E-state index contributed by atoms with van der Waals surface area (Å²) < 4.78 is 13.3. The van der Waals surface area contributed by atoms with Crippen molar-refractivity contribution >= 4 is 11.6 Å². The van der Waals surface area contributed by atoms with Crippen LogP contribution in [0.2, 0.25) is 5.02 Å². The number of hydrogen-bond acceptors (Lipinski definition) is 0. The minimum atomic E-state index is -1.05. The molecule has 0 saturated heterocycles. The van der Waals surface area contributed by atoms with Crippen molar-refractivity contribution in [2.75, 3.05) is 6.54 Å². The van der Waals surface area contributed by atoms with Crippen molar-refractivity contribution in [1.82, 2.24) is 0 Å². The van der Waals surface area contributed by atoms with Gasteiger partial charge in [0.05, 0.1) is 6.42 Å². The van der Waals surface area contributed by atoms with Crippen LogP contribution in [0.15, 0.2) is 24.3 Å². The van der Waals surface area contributed by atoms with Crippen LogP contribution in [0.3, 0.4) is 0 Å². The summed E-state index contributed by atoms with van der Waals surface area (Å²) in [7, 11) is 0. The fourth-order valence-corrected chi connectivity index (χ4v) is 1.14. The summed E-state index contributed by atoms with van der Waals surface area (Å²) in [4.78, 5) is 3.10. The van der Waals surface area contributed by atoms with Gasteiger partial charge in [-0.2, -0.15) is 0 Å². The third-order valence-corrected chi connectivity index (χ3v) is 1.98. The van der Waals surface area contributed by atoms with Crippen LogP contribution in [0.1, 0.15) is 18.2 Å². The van der Waals surface area contributed by atoms with E-state index in [2.05, 4.69) is 4.85 Å². The van der Waals surface area contributed by atoms with Crippen LogP contribution in [0.25, 0.3) is 4.85 Å². The van der Waals surface area contributed by atoms with E-state index >= 15 is 0 Å². The molecular weight excluding hydrogens is 189 g/mol. The third kappa shape index (κ3) is 3.04. The second-order valence-corrected chi connectivity index (χ2v) is 3.13. The molecule has 1 nitrogen and oxygen atoms in total. The highest BCUT2D eigenvalue weighted by atomic mass is 35.5. The first-order chi connectivity index (χ1) is 6.24. The van der Waals surface area contributed by atoms with Gasteiger partial charge < -0.3 is 4.85 Å². The summed E-state index contributed by atoms with van der Waals surface area (Å²) in [6.45, 7) is 6.76. The molecular formula is C10H9ClFN. The molecule has 0 heterocycles. The SMILES string of the molecule is [C-]#[N+]CCC(F)c1ccc(Cl)cc1. The molecule has 0 amide bonds. The molecule has 0 fully saturated rings. The van der Waals surface area contributed by atoms with Crippen molar-refractivity contribution in [2.24, 2.45) is 0 Å². The van der Waals surface area contributed by atoms with Crippen LogP contribution in [-0.2, 0) is 0 Å². The molecule has 0 bridgehead atoms. The summed E-state index contributed by atoms with van der Waals surface area (Å²) in [5.41, 5.74) is 0.591. The Balaban J connectivity index is 2.62. The predicted molar refractivity (Wildman–Crippen MR) is 51.4 cm³/mol. The maximum atomic E-state index is 13.3. The molecule has 0 spiro atoms. The highest BCUT2D eigenvalue weighted by molar-refractivity contribution is 6.30. The van der Waals surface area contributed by atoms with Crippen LogP contribution >= 0.6 is 11.6 Å². The van der Waals surface area contributed by atoms with Gasteiger partial charge in [-0.15, -0.1) is 0 Å². The Kier molecular flexibility index (Phi) is 3.72. The van der Waals surface area contributed by atoms with E-state index in [0.717, 1.165) is 0 Å². The van der Waals surface area contributed by atoms with Crippen LogP contribution in [0.4, 0.5) is 4.39 Å². The lowest BCUT2D eigenvalue weighted by Gasteiger charge is -2.04. The van der Waals surface area contributed by atoms with Crippen molar-refractivity contribution in [2.45, 2.75) is 12.6 Å². The van der Waals surface area contributed by atoms with Crippen LogP contribution in [0.5, 0.6) is 0 Å². The fraction of sp³-hybridized carbons (Fsp3) is 0.300. The number of nitrogens with zero attached hydrogens (tertiary/aromatic N) is 1. The standard InChI is InChI=1S/C10H9ClFN/c1-13-7-6-10(12)8-2-4-9(11)5-3-8/h2-5,10H,6-7H2. The van der Waals surface area contributed by atoms with Gasteiger partial charge in [-0.05, 0) is 17.7 Å². The first-order valence-electron chi connectivity index (χ1n) is 3.97. The van der Waals surface area contributed by atoms with E-state index in [1.165, 1.54) is 0 Å². The molecule has 0 N–H and O–H groups in total. The second-order valence-electron chi connectivity index (χ2n) is 2.69. The largest absolute Gasteiger partial charge is 0.317 e. The number of alkyl halides is 1. The summed E-state index contributed by atoms with van der Waals surface area (Å²) in [6, 6.07) is 6.61. The van der Waals surface area contributed by atoms with E-state index in [4.69, 9.17) is 18.2 Å². The molecule has 13 heavy (non-hydrogen) atoms. The highest BCUT2D eigenvalue weighted by Gasteiger charge is 2.10. The molecule has 0 saturated carbocycles. The Morgan fingerprint density at radius 2 is 2.00 bits per heavy atom. The average molecular weight is 198 g/mol. The van der Waals surface area contributed by atoms with Crippen molar-refractivity contribution in [1.29, 1.82) is 0 Å². The zero-order valence-corrected chi connectivity index (χ0v) is 7.76. The Morgan fingerprint density at radius 1 is 1.38 bits per heavy atom. The Hall–Kier alpha value is -1.07. The van der Waals surface area contributed by atoms with Gasteiger partial charge in [0.2, 0.25) is 6.54 Å². The highest BCUT2D eigenvalue weighted by Crippen LogP contribution is 2.22. The lowest BCUT2D eigenvalue weighted by atomic mass is 10.1. The number of rotatable bonds is 3. The maximum Gasteiger partial charge on any atom is 0.217 e. The fourth-order valence-electron chi connectivity index (χ4n) is 1.02. The number of hydrogen-bond donors (Lipinski definition) is 0. The Labute approximate surface area is 82.0 Å².